The van der Waals surface area contributed by atoms with Gasteiger partial charge in [-0.3, -0.25) is 4.79 Å². The molecule has 2 N–H and O–H groups in total. The van der Waals surface area contributed by atoms with Crippen LogP contribution < -0.4 is 10.6 Å². The minimum atomic E-state index is -0.273. The average Bonchev–Trinajstić information content (AvgIpc) is 2.99. The van der Waals surface area contributed by atoms with E-state index >= 15 is 0 Å². The number of amides is 2. The molecular weight excluding hydrogens is 304 g/mol. The lowest BCUT2D eigenvalue weighted by Gasteiger charge is -2.31. The molecule has 1 atom stereocenters. The molecule has 2 amide bonds. The highest BCUT2D eigenvalue weighted by Gasteiger charge is 2.26. The molecule has 0 saturated heterocycles. The molecule has 0 fully saturated rings. The van der Waals surface area contributed by atoms with E-state index in [1.807, 2.05) is 10.8 Å². The van der Waals surface area contributed by atoms with E-state index in [0.717, 1.165) is 0 Å². The monoisotopic (exact) mass is 328 g/mol. The Balaban J connectivity index is 2.00. The SMILES string of the molecule is CC(=O)c1ccc(NC(=O)NC(Cn2ccnc2)C(C)(C)C)cc1. The van der Waals surface area contributed by atoms with Gasteiger partial charge in [-0.25, -0.2) is 9.78 Å². The second kappa shape index (κ2) is 7.29. The van der Waals surface area contributed by atoms with Crippen molar-refractivity contribution in [2.75, 3.05) is 5.32 Å². The zero-order valence-corrected chi connectivity index (χ0v) is 14.5. The van der Waals surface area contributed by atoms with Crippen LogP contribution >= 0.6 is 0 Å². The van der Waals surface area contributed by atoms with Crippen LogP contribution in [0.2, 0.25) is 0 Å². The molecule has 0 spiro atoms. The Morgan fingerprint density at radius 1 is 1.21 bits per heavy atom. The fraction of sp³-hybridized carbons (Fsp3) is 0.389. The van der Waals surface area contributed by atoms with Crippen molar-refractivity contribution in [2.45, 2.75) is 40.3 Å². The number of hydrogen-bond donors (Lipinski definition) is 2. The Bertz CT molecular complexity index is 685. The number of rotatable bonds is 5. The van der Waals surface area contributed by atoms with E-state index in [9.17, 15) is 9.59 Å². The van der Waals surface area contributed by atoms with Crippen molar-refractivity contribution in [3.8, 4) is 0 Å². The minimum absolute atomic E-state index is 0.000805. The molecule has 0 saturated carbocycles. The molecular formula is C18H24N4O2. The molecule has 6 heteroatoms. The Kier molecular flexibility index (Phi) is 5.39. The number of imidazole rings is 1. The Morgan fingerprint density at radius 2 is 1.88 bits per heavy atom. The molecule has 24 heavy (non-hydrogen) atoms. The van der Waals surface area contributed by atoms with Crippen LogP contribution in [0, 0.1) is 5.41 Å². The minimum Gasteiger partial charge on any atom is -0.335 e. The van der Waals surface area contributed by atoms with Gasteiger partial charge in [-0.2, -0.15) is 0 Å². The van der Waals surface area contributed by atoms with Crippen LogP contribution in [0.5, 0.6) is 0 Å². The number of aromatic nitrogens is 2. The number of urea groups is 1. The maximum Gasteiger partial charge on any atom is 0.319 e. The van der Waals surface area contributed by atoms with Crippen LogP contribution in [0.25, 0.3) is 0 Å². The number of Topliss-reactive ketones (excluding diaryl/α,β-unsaturated/α-hetero) is 1. The second-order valence-electron chi connectivity index (χ2n) is 6.91. The maximum atomic E-state index is 12.3. The van der Waals surface area contributed by atoms with E-state index in [-0.39, 0.29) is 23.3 Å². The summed E-state index contributed by atoms with van der Waals surface area (Å²) in [5.41, 5.74) is 1.15. The number of ketones is 1. The van der Waals surface area contributed by atoms with Gasteiger partial charge in [-0.05, 0) is 36.6 Å². The number of nitrogens with one attached hydrogen (secondary N) is 2. The maximum absolute atomic E-state index is 12.3. The highest BCUT2D eigenvalue weighted by molar-refractivity contribution is 5.95. The van der Waals surface area contributed by atoms with E-state index in [0.29, 0.717) is 17.8 Å². The molecule has 6 nitrogen and oxygen atoms in total. The number of nitrogens with zero attached hydrogens (tertiary/aromatic N) is 2. The van der Waals surface area contributed by atoms with Crippen LogP contribution in [-0.4, -0.2) is 27.4 Å². The third kappa shape index (κ3) is 4.94. The summed E-state index contributed by atoms with van der Waals surface area (Å²) in [6.07, 6.45) is 5.33. The first-order chi connectivity index (χ1) is 11.3. The first kappa shape index (κ1) is 17.7. The highest BCUT2D eigenvalue weighted by atomic mass is 16.2. The third-order valence-corrected chi connectivity index (χ3v) is 3.85. The summed E-state index contributed by atoms with van der Waals surface area (Å²) in [7, 11) is 0. The smallest absolute Gasteiger partial charge is 0.319 e. The summed E-state index contributed by atoms with van der Waals surface area (Å²) in [5, 5.41) is 5.82. The van der Waals surface area contributed by atoms with Gasteiger partial charge in [-0.1, -0.05) is 20.8 Å². The van der Waals surface area contributed by atoms with E-state index in [4.69, 9.17) is 0 Å². The Hall–Kier alpha value is -2.63. The quantitative estimate of drug-likeness (QED) is 0.827. The lowest BCUT2D eigenvalue weighted by Crippen LogP contribution is -2.47. The zero-order valence-electron chi connectivity index (χ0n) is 14.5. The molecule has 1 aromatic carbocycles. The molecule has 0 aliphatic heterocycles. The van der Waals surface area contributed by atoms with Crippen molar-refractivity contribution < 1.29 is 9.59 Å². The predicted octanol–water partition coefficient (Wildman–Crippen LogP) is 3.32. The zero-order chi connectivity index (χ0) is 17.7. The van der Waals surface area contributed by atoms with E-state index in [2.05, 4.69) is 36.4 Å². The largest absolute Gasteiger partial charge is 0.335 e. The number of carbonyl (C=O) groups is 2. The average molecular weight is 328 g/mol. The molecule has 1 unspecified atom stereocenters. The summed E-state index contributed by atoms with van der Waals surface area (Å²) in [4.78, 5) is 27.6. The molecule has 2 aromatic rings. The first-order valence-corrected chi connectivity index (χ1v) is 7.90. The van der Waals surface area contributed by atoms with Crippen molar-refractivity contribution in [3.63, 3.8) is 0 Å². The molecule has 0 aliphatic carbocycles. The van der Waals surface area contributed by atoms with Crippen LogP contribution in [0.15, 0.2) is 43.0 Å². The van der Waals surface area contributed by atoms with Crippen molar-refractivity contribution in [2.24, 2.45) is 5.41 Å². The summed E-state index contributed by atoms with van der Waals surface area (Å²) >= 11 is 0. The van der Waals surface area contributed by atoms with Gasteiger partial charge in [-0.15, -0.1) is 0 Å². The Labute approximate surface area is 142 Å². The molecule has 0 aliphatic rings. The first-order valence-electron chi connectivity index (χ1n) is 7.90. The van der Waals surface area contributed by atoms with Crippen molar-refractivity contribution >= 4 is 17.5 Å². The molecule has 1 aromatic heterocycles. The van der Waals surface area contributed by atoms with Crippen molar-refractivity contribution in [1.29, 1.82) is 0 Å². The number of carbonyl (C=O) groups excluding carboxylic acids is 2. The van der Waals surface area contributed by atoms with Gasteiger partial charge in [0.1, 0.15) is 0 Å². The lowest BCUT2D eigenvalue weighted by molar-refractivity contribution is 0.101. The Morgan fingerprint density at radius 3 is 2.38 bits per heavy atom. The molecule has 0 radical (unpaired) electrons. The standard InChI is InChI=1S/C18H24N4O2/c1-13(23)14-5-7-15(8-6-14)20-17(24)21-16(18(2,3)4)11-22-10-9-19-12-22/h5-10,12,16H,11H2,1-4H3,(H2,20,21,24). The van der Waals surface area contributed by atoms with Crippen molar-refractivity contribution in [1.82, 2.24) is 14.9 Å². The van der Waals surface area contributed by atoms with Gasteiger partial charge in [0.15, 0.2) is 5.78 Å². The van der Waals surface area contributed by atoms with Crippen molar-refractivity contribution in [3.05, 3.63) is 48.5 Å². The summed E-state index contributed by atoms with van der Waals surface area (Å²) in [6.45, 7) is 8.39. The van der Waals surface area contributed by atoms with Gasteiger partial charge in [0.25, 0.3) is 0 Å². The van der Waals surface area contributed by atoms with Gasteiger partial charge < -0.3 is 15.2 Å². The van der Waals surface area contributed by atoms with E-state index in [1.165, 1.54) is 6.92 Å². The summed E-state index contributed by atoms with van der Waals surface area (Å²) in [6, 6.07) is 6.50. The normalized spacial score (nSPS) is 12.5. The summed E-state index contributed by atoms with van der Waals surface area (Å²) in [5.74, 6) is -0.000805. The van der Waals surface area contributed by atoms with Gasteiger partial charge in [0, 0.05) is 30.2 Å². The second-order valence-corrected chi connectivity index (χ2v) is 6.91. The van der Waals surface area contributed by atoms with Crippen LogP contribution in [-0.2, 0) is 6.54 Å². The van der Waals surface area contributed by atoms with E-state index in [1.54, 1.807) is 36.8 Å². The van der Waals surface area contributed by atoms with Gasteiger partial charge >= 0.3 is 6.03 Å². The molecule has 2 rings (SSSR count). The number of hydrogen-bond acceptors (Lipinski definition) is 3. The van der Waals surface area contributed by atoms with E-state index < -0.39 is 0 Å². The van der Waals surface area contributed by atoms with Gasteiger partial charge in [0.05, 0.1) is 12.4 Å². The third-order valence-electron chi connectivity index (χ3n) is 3.85. The predicted molar refractivity (Wildman–Crippen MR) is 94.1 cm³/mol. The highest BCUT2D eigenvalue weighted by Crippen LogP contribution is 2.21. The van der Waals surface area contributed by atoms with Crippen LogP contribution in [0.3, 0.4) is 0 Å². The fourth-order valence-corrected chi connectivity index (χ4v) is 2.26. The lowest BCUT2D eigenvalue weighted by atomic mass is 9.86. The number of anilines is 1. The number of benzene rings is 1. The molecule has 1 heterocycles. The van der Waals surface area contributed by atoms with Gasteiger partial charge in [0.2, 0.25) is 0 Å². The topological polar surface area (TPSA) is 76.0 Å². The van der Waals surface area contributed by atoms with Crippen LogP contribution in [0.4, 0.5) is 10.5 Å². The summed E-state index contributed by atoms with van der Waals surface area (Å²) < 4.78 is 1.94. The van der Waals surface area contributed by atoms with Crippen LogP contribution in [0.1, 0.15) is 38.1 Å². The fourth-order valence-electron chi connectivity index (χ4n) is 2.26. The molecule has 0 bridgehead atoms. The molecule has 128 valence electrons.